The largest absolute Gasteiger partial charge is 0.396 e. The zero-order chi connectivity index (χ0) is 14.8. The molecule has 0 bridgehead atoms. The van der Waals surface area contributed by atoms with Crippen molar-refractivity contribution in [3.8, 4) is 0 Å². The predicted octanol–water partition coefficient (Wildman–Crippen LogP) is 2.80. The SMILES string of the molecule is CCn1cnnc1CNc1c(N)cnc2ccc(Br)cc12. The molecule has 3 N–H and O–H groups in total. The summed E-state index contributed by atoms with van der Waals surface area (Å²) < 4.78 is 2.98. The van der Waals surface area contributed by atoms with E-state index in [0.29, 0.717) is 12.2 Å². The van der Waals surface area contributed by atoms with Crippen LogP contribution in [0.2, 0.25) is 0 Å². The molecule has 0 spiro atoms. The van der Waals surface area contributed by atoms with Gasteiger partial charge in [0.2, 0.25) is 0 Å². The Kier molecular flexibility index (Phi) is 3.74. The second-order valence-corrected chi connectivity index (χ2v) is 5.55. The Morgan fingerprint density at radius 2 is 2.24 bits per heavy atom. The van der Waals surface area contributed by atoms with Gasteiger partial charge in [-0.2, -0.15) is 0 Å². The summed E-state index contributed by atoms with van der Waals surface area (Å²) in [5.74, 6) is 0.872. The van der Waals surface area contributed by atoms with Gasteiger partial charge in [0, 0.05) is 16.4 Å². The van der Waals surface area contributed by atoms with Crippen molar-refractivity contribution in [3.05, 3.63) is 41.0 Å². The molecule has 0 unspecified atom stereocenters. The second kappa shape index (κ2) is 5.69. The molecule has 6 nitrogen and oxygen atoms in total. The lowest BCUT2D eigenvalue weighted by Crippen LogP contribution is -2.09. The van der Waals surface area contributed by atoms with Crippen molar-refractivity contribution >= 4 is 38.2 Å². The summed E-state index contributed by atoms with van der Waals surface area (Å²) in [7, 11) is 0. The van der Waals surface area contributed by atoms with E-state index >= 15 is 0 Å². The fourth-order valence-electron chi connectivity index (χ4n) is 2.22. The van der Waals surface area contributed by atoms with E-state index in [1.54, 1.807) is 12.5 Å². The Bertz CT molecular complexity index is 777. The molecule has 108 valence electrons. The number of aryl methyl sites for hydroxylation is 1. The number of halogens is 1. The molecule has 0 aliphatic rings. The van der Waals surface area contributed by atoms with Crippen molar-refractivity contribution in [3.63, 3.8) is 0 Å². The summed E-state index contributed by atoms with van der Waals surface area (Å²) in [4.78, 5) is 4.34. The number of rotatable bonds is 4. The van der Waals surface area contributed by atoms with Crippen molar-refractivity contribution < 1.29 is 0 Å². The molecule has 1 aromatic carbocycles. The van der Waals surface area contributed by atoms with E-state index in [-0.39, 0.29) is 0 Å². The van der Waals surface area contributed by atoms with Gasteiger partial charge in [0.05, 0.1) is 29.6 Å². The first-order valence-electron chi connectivity index (χ1n) is 6.63. The minimum absolute atomic E-state index is 0.559. The van der Waals surface area contributed by atoms with E-state index in [4.69, 9.17) is 5.73 Å². The number of pyridine rings is 1. The summed E-state index contributed by atoms with van der Waals surface area (Å²) in [6.45, 7) is 3.45. The number of nitrogens with one attached hydrogen (secondary N) is 1. The molecule has 3 rings (SSSR count). The molecular formula is C14H15BrN6. The Hall–Kier alpha value is -2.15. The van der Waals surface area contributed by atoms with E-state index in [0.717, 1.165) is 33.4 Å². The molecule has 7 heteroatoms. The summed E-state index contributed by atoms with van der Waals surface area (Å²) in [5.41, 5.74) is 8.44. The van der Waals surface area contributed by atoms with Crippen molar-refractivity contribution in [2.24, 2.45) is 0 Å². The first kappa shape index (κ1) is 13.8. The van der Waals surface area contributed by atoms with E-state index in [9.17, 15) is 0 Å². The summed E-state index contributed by atoms with van der Waals surface area (Å²) >= 11 is 3.48. The lowest BCUT2D eigenvalue weighted by Gasteiger charge is -2.12. The predicted molar refractivity (Wildman–Crippen MR) is 86.9 cm³/mol. The van der Waals surface area contributed by atoms with Gasteiger partial charge in [-0.25, -0.2) is 0 Å². The molecule has 0 atom stereocenters. The Morgan fingerprint density at radius 3 is 3.05 bits per heavy atom. The first-order chi connectivity index (χ1) is 10.2. The molecule has 0 fully saturated rings. The lowest BCUT2D eigenvalue weighted by atomic mass is 10.1. The summed E-state index contributed by atoms with van der Waals surface area (Å²) in [6, 6.07) is 5.92. The van der Waals surface area contributed by atoms with Crippen LogP contribution in [0.25, 0.3) is 10.9 Å². The van der Waals surface area contributed by atoms with Gasteiger partial charge in [-0.3, -0.25) is 4.98 Å². The van der Waals surface area contributed by atoms with E-state index < -0.39 is 0 Å². The van der Waals surface area contributed by atoms with E-state index in [1.165, 1.54) is 0 Å². The van der Waals surface area contributed by atoms with Gasteiger partial charge in [-0.05, 0) is 25.1 Å². The highest BCUT2D eigenvalue weighted by molar-refractivity contribution is 9.10. The van der Waals surface area contributed by atoms with Crippen LogP contribution in [-0.4, -0.2) is 19.7 Å². The number of nitrogens with zero attached hydrogens (tertiary/aromatic N) is 4. The highest BCUT2D eigenvalue weighted by Gasteiger charge is 2.09. The van der Waals surface area contributed by atoms with Gasteiger partial charge < -0.3 is 15.6 Å². The molecule has 3 aromatic rings. The van der Waals surface area contributed by atoms with Gasteiger partial charge in [-0.15, -0.1) is 10.2 Å². The van der Waals surface area contributed by atoms with E-state index in [2.05, 4.69) is 43.4 Å². The van der Waals surface area contributed by atoms with Crippen LogP contribution in [0.4, 0.5) is 11.4 Å². The second-order valence-electron chi connectivity index (χ2n) is 4.64. The Labute approximate surface area is 130 Å². The van der Waals surface area contributed by atoms with Gasteiger partial charge in [0.25, 0.3) is 0 Å². The topological polar surface area (TPSA) is 81.7 Å². The smallest absolute Gasteiger partial charge is 0.152 e. The Morgan fingerprint density at radius 1 is 1.38 bits per heavy atom. The lowest BCUT2D eigenvalue weighted by molar-refractivity contribution is 0.708. The molecule has 2 heterocycles. The van der Waals surface area contributed by atoms with Gasteiger partial charge in [0.15, 0.2) is 5.82 Å². The summed E-state index contributed by atoms with van der Waals surface area (Å²) in [6.07, 6.45) is 3.39. The van der Waals surface area contributed by atoms with E-state index in [1.807, 2.05) is 22.8 Å². The van der Waals surface area contributed by atoms with Crippen LogP contribution in [0, 0.1) is 0 Å². The average Bonchev–Trinajstić information content (AvgIpc) is 2.93. The molecule has 0 saturated heterocycles. The Balaban J connectivity index is 1.96. The van der Waals surface area contributed by atoms with Crippen LogP contribution in [0.15, 0.2) is 35.2 Å². The fraction of sp³-hybridized carbons (Fsp3) is 0.214. The number of hydrogen-bond acceptors (Lipinski definition) is 5. The van der Waals surface area contributed by atoms with Crippen molar-refractivity contribution in [1.82, 2.24) is 19.7 Å². The number of nitrogen functional groups attached to an aromatic ring is 1. The van der Waals surface area contributed by atoms with Crippen LogP contribution in [0.5, 0.6) is 0 Å². The molecule has 0 amide bonds. The number of fused-ring (bicyclic) bond motifs is 1. The highest BCUT2D eigenvalue weighted by Crippen LogP contribution is 2.30. The zero-order valence-electron chi connectivity index (χ0n) is 11.5. The van der Waals surface area contributed by atoms with Crippen LogP contribution in [0.3, 0.4) is 0 Å². The third-order valence-corrected chi connectivity index (χ3v) is 3.81. The number of aromatic nitrogens is 4. The van der Waals surface area contributed by atoms with Crippen molar-refractivity contribution in [1.29, 1.82) is 0 Å². The fourth-order valence-corrected chi connectivity index (χ4v) is 2.59. The molecule has 0 aliphatic heterocycles. The molecule has 0 radical (unpaired) electrons. The minimum Gasteiger partial charge on any atom is -0.396 e. The maximum absolute atomic E-state index is 6.06. The maximum Gasteiger partial charge on any atom is 0.152 e. The van der Waals surface area contributed by atoms with Crippen LogP contribution < -0.4 is 11.1 Å². The van der Waals surface area contributed by atoms with Gasteiger partial charge in [-0.1, -0.05) is 15.9 Å². The van der Waals surface area contributed by atoms with Crippen molar-refractivity contribution in [2.45, 2.75) is 20.0 Å². The van der Waals surface area contributed by atoms with Crippen LogP contribution in [0.1, 0.15) is 12.7 Å². The zero-order valence-corrected chi connectivity index (χ0v) is 13.1. The monoisotopic (exact) mass is 346 g/mol. The third kappa shape index (κ3) is 2.69. The quantitative estimate of drug-likeness (QED) is 0.758. The molecule has 21 heavy (non-hydrogen) atoms. The number of anilines is 2. The standard InChI is InChI=1S/C14H15BrN6/c1-2-21-8-19-20-13(21)7-18-14-10-5-9(15)3-4-12(10)17-6-11(14)16/h3-6,8H,2,7,16H2,1H3,(H,17,18). The van der Waals surface area contributed by atoms with Crippen molar-refractivity contribution in [2.75, 3.05) is 11.1 Å². The number of benzene rings is 1. The van der Waals surface area contributed by atoms with Gasteiger partial charge >= 0.3 is 0 Å². The number of nitrogens with two attached hydrogens (primary N) is 1. The summed E-state index contributed by atoms with van der Waals surface area (Å²) in [5, 5.41) is 12.4. The maximum atomic E-state index is 6.06. The average molecular weight is 347 g/mol. The van der Waals surface area contributed by atoms with Gasteiger partial charge in [0.1, 0.15) is 6.33 Å². The van der Waals surface area contributed by atoms with Crippen LogP contribution in [-0.2, 0) is 13.1 Å². The molecule has 0 aliphatic carbocycles. The highest BCUT2D eigenvalue weighted by atomic mass is 79.9. The normalized spacial score (nSPS) is 11.0. The third-order valence-electron chi connectivity index (χ3n) is 3.32. The first-order valence-corrected chi connectivity index (χ1v) is 7.42. The molecule has 2 aromatic heterocycles. The van der Waals surface area contributed by atoms with Crippen LogP contribution >= 0.6 is 15.9 Å². The molecular weight excluding hydrogens is 332 g/mol. The number of hydrogen-bond donors (Lipinski definition) is 2. The molecule has 0 saturated carbocycles. The minimum atomic E-state index is 0.559.